The molecule has 0 unspecified atom stereocenters. The normalized spacial score (nSPS) is 26.7. The Morgan fingerprint density at radius 3 is 2.68 bits per heavy atom. The second-order valence-electron chi connectivity index (χ2n) is 5.69. The lowest BCUT2D eigenvalue weighted by Gasteiger charge is -2.35. The topological polar surface area (TPSA) is 24.1 Å². The molecule has 0 aromatic heterocycles. The molecule has 0 spiro atoms. The second-order valence-corrected chi connectivity index (χ2v) is 6.09. The van der Waals surface area contributed by atoms with Gasteiger partial charge in [0.05, 0.1) is 0 Å². The number of hydrogen-bond donors (Lipinski definition) is 2. The Kier molecular flexibility index (Phi) is 5.20. The summed E-state index contributed by atoms with van der Waals surface area (Å²) < 4.78 is 0. The molecule has 0 radical (unpaired) electrons. The second kappa shape index (κ2) is 6.90. The third-order valence-corrected chi connectivity index (χ3v) is 4.58. The molecule has 3 heteroatoms. The average molecular weight is 276 g/mol. The number of nitrogens with one attached hydrogen (secondary N) is 2. The SMILES string of the molecule is C[C@@H]1[C@@H](NC(=S)NCc2ccccc2)CCC[C@@H]1C. The molecule has 0 heterocycles. The van der Waals surface area contributed by atoms with Crippen molar-refractivity contribution < 1.29 is 0 Å². The van der Waals surface area contributed by atoms with E-state index in [1.54, 1.807) is 0 Å². The summed E-state index contributed by atoms with van der Waals surface area (Å²) in [4.78, 5) is 0. The summed E-state index contributed by atoms with van der Waals surface area (Å²) in [7, 11) is 0. The van der Waals surface area contributed by atoms with Crippen LogP contribution >= 0.6 is 12.2 Å². The Bertz CT molecular complexity index is 404. The highest BCUT2D eigenvalue weighted by atomic mass is 32.1. The van der Waals surface area contributed by atoms with Gasteiger partial charge in [-0.15, -0.1) is 0 Å². The first-order valence-electron chi connectivity index (χ1n) is 7.25. The Morgan fingerprint density at radius 2 is 1.95 bits per heavy atom. The minimum Gasteiger partial charge on any atom is -0.360 e. The van der Waals surface area contributed by atoms with Gasteiger partial charge in [-0.1, -0.05) is 57.0 Å². The van der Waals surface area contributed by atoms with Gasteiger partial charge in [-0.25, -0.2) is 0 Å². The molecule has 2 nitrogen and oxygen atoms in total. The summed E-state index contributed by atoms with van der Waals surface area (Å²) in [5.74, 6) is 1.49. The average Bonchev–Trinajstić information content (AvgIpc) is 2.43. The maximum atomic E-state index is 5.40. The highest BCUT2D eigenvalue weighted by Crippen LogP contribution is 2.29. The Labute approximate surface area is 122 Å². The van der Waals surface area contributed by atoms with Gasteiger partial charge in [-0.2, -0.15) is 0 Å². The number of rotatable bonds is 3. The summed E-state index contributed by atoms with van der Waals surface area (Å²) >= 11 is 5.40. The summed E-state index contributed by atoms with van der Waals surface area (Å²) in [5, 5.41) is 7.58. The van der Waals surface area contributed by atoms with Gasteiger partial charge < -0.3 is 10.6 Å². The fourth-order valence-corrected chi connectivity index (χ4v) is 3.01. The highest BCUT2D eigenvalue weighted by molar-refractivity contribution is 7.80. The van der Waals surface area contributed by atoms with Crippen molar-refractivity contribution in [2.24, 2.45) is 11.8 Å². The Morgan fingerprint density at radius 1 is 1.21 bits per heavy atom. The molecule has 1 aromatic rings. The van der Waals surface area contributed by atoms with E-state index in [-0.39, 0.29) is 0 Å². The molecule has 3 atom stereocenters. The predicted octanol–water partition coefficient (Wildman–Crippen LogP) is 3.48. The lowest BCUT2D eigenvalue weighted by Crippen LogP contribution is -2.47. The molecule has 19 heavy (non-hydrogen) atoms. The van der Waals surface area contributed by atoms with Crippen LogP contribution in [0.1, 0.15) is 38.7 Å². The van der Waals surface area contributed by atoms with E-state index in [1.807, 2.05) is 6.07 Å². The molecule has 1 aromatic carbocycles. The zero-order valence-corrected chi connectivity index (χ0v) is 12.7. The summed E-state index contributed by atoms with van der Waals surface area (Å²) in [5.41, 5.74) is 1.26. The van der Waals surface area contributed by atoms with Crippen molar-refractivity contribution in [3.8, 4) is 0 Å². The quantitative estimate of drug-likeness (QED) is 0.827. The van der Waals surface area contributed by atoms with Crippen molar-refractivity contribution in [3.63, 3.8) is 0 Å². The van der Waals surface area contributed by atoms with Crippen molar-refractivity contribution in [3.05, 3.63) is 35.9 Å². The van der Waals surface area contributed by atoms with Crippen LogP contribution in [0.3, 0.4) is 0 Å². The lowest BCUT2D eigenvalue weighted by molar-refractivity contribution is 0.224. The molecule has 0 bridgehead atoms. The molecule has 0 saturated heterocycles. The van der Waals surface area contributed by atoms with Crippen LogP contribution in [0.15, 0.2) is 30.3 Å². The third-order valence-electron chi connectivity index (χ3n) is 4.32. The van der Waals surface area contributed by atoms with Crippen molar-refractivity contribution in [1.82, 2.24) is 10.6 Å². The van der Waals surface area contributed by atoms with Gasteiger partial charge in [0, 0.05) is 12.6 Å². The van der Waals surface area contributed by atoms with E-state index in [2.05, 4.69) is 48.7 Å². The number of hydrogen-bond acceptors (Lipinski definition) is 1. The van der Waals surface area contributed by atoms with Crippen LogP contribution in [-0.4, -0.2) is 11.2 Å². The van der Waals surface area contributed by atoms with Crippen molar-refractivity contribution in [1.29, 1.82) is 0 Å². The predicted molar refractivity (Wildman–Crippen MR) is 85.0 cm³/mol. The van der Waals surface area contributed by atoms with Gasteiger partial charge in [0.2, 0.25) is 0 Å². The van der Waals surface area contributed by atoms with E-state index in [1.165, 1.54) is 24.8 Å². The van der Waals surface area contributed by atoms with E-state index in [0.29, 0.717) is 12.0 Å². The number of benzene rings is 1. The molecule has 104 valence electrons. The van der Waals surface area contributed by atoms with Crippen molar-refractivity contribution >= 4 is 17.3 Å². The Hall–Kier alpha value is -1.09. The first-order valence-corrected chi connectivity index (χ1v) is 7.66. The largest absolute Gasteiger partial charge is 0.360 e. The van der Waals surface area contributed by atoms with E-state index in [4.69, 9.17) is 12.2 Å². The highest BCUT2D eigenvalue weighted by Gasteiger charge is 2.27. The van der Waals surface area contributed by atoms with Gasteiger partial charge in [0.25, 0.3) is 0 Å². The van der Waals surface area contributed by atoms with Crippen LogP contribution in [0.25, 0.3) is 0 Å². The molecule has 2 rings (SSSR count). The van der Waals surface area contributed by atoms with Crippen molar-refractivity contribution in [2.45, 2.75) is 45.7 Å². The maximum Gasteiger partial charge on any atom is 0.166 e. The lowest BCUT2D eigenvalue weighted by atomic mass is 9.78. The van der Waals surface area contributed by atoms with E-state index >= 15 is 0 Å². The fourth-order valence-electron chi connectivity index (χ4n) is 2.78. The molecule has 1 fully saturated rings. The minimum atomic E-state index is 0.527. The van der Waals surface area contributed by atoms with Gasteiger partial charge in [-0.05, 0) is 36.0 Å². The molecular formula is C16H24N2S. The molecule has 2 N–H and O–H groups in total. The standard InChI is InChI=1S/C16H24N2S/c1-12-7-6-10-15(13(12)2)18-16(19)17-11-14-8-4-3-5-9-14/h3-5,8-9,12-13,15H,6-7,10-11H2,1-2H3,(H2,17,18,19)/t12-,13-,15-/m0/s1. The fraction of sp³-hybridized carbons (Fsp3) is 0.562. The molecule has 1 aliphatic carbocycles. The number of thiocarbonyl (C=S) groups is 1. The molecular weight excluding hydrogens is 252 g/mol. The van der Waals surface area contributed by atoms with Gasteiger partial charge in [0.15, 0.2) is 5.11 Å². The smallest absolute Gasteiger partial charge is 0.166 e. The minimum absolute atomic E-state index is 0.527. The first-order chi connectivity index (χ1) is 9.16. The van der Waals surface area contributed by atoms with Crippen LogP contribution in [0, 0.1) is 11.8 Å². The zero-order valence-electron chi connectivity index (χ0n) is 11.9. The van der Waals surface area contributed by atoms with Gasteiger partial charge in [-0.3, -0.25) is 0 Å². The van der Waals surface area contributed by atoms with Crippen LogP contribution in [0.5, 0.6) is 0 Å². The molecule has 1 aliphatic rings. The molecule has 0 amide bonds. The summed E-state index contributed by atoms with van der Waals surface area (Å²) in [6, 6.07) is 10.9. The van der Waals surface area contributed by atoms with Crippen LogP contribution in [-0.2, 0) is 6.54 Å². The van der Waals surface area contributed by atoms with Gasteiger partial charge >= 0.3 is 0 Å². The van der Waals surface area contributed by atoms with Crippen LogP contribution < -0.4 is 10.6 Å². The third kappa shape index (κ3) is 4.20. The van der Waals surface area contributed by atoms with E-state index < -0.39 is 0 Å². The van der Waals surface area contributed by atoms with Crippen molar-refractivity contribution in [2.75, 3.05) is 0 Å². The first kappa shape index (κ1) is 14.3. The summed E-state index contributed by atoms with van der Waals surface area (Å²) in [6.45, 7) is 5.48. The molecule has 1 saturated carbocycles. The van der Waals surface area contributed by atoms with Gasteiger partial charge in [0.1, 0.15) is 0 Å². The summed E-state index contributed by atoms with van der Waals surface area (Å²) in [6.07, 6.45) is 3.90. The van der Waals surface area contributed by atoms with Crippen LogP contribution in [0.4, 0.5) is 0 Å². The molecule has 0 aliphatic heterocycles. The van der Waals surface area contributed by atoms with Crippen LogP contribution in [0.2, 0.25) is 0 Å². The van der Waals surface area contributed by atoms with E-state index in [9.17, 15) is 0 Å². The van der Waals surface area contributed by atoms with E-state index in [0.717, 1.165) is 17.6 Å². The monoisotopic (exact) mass is 276 g/mol. The maximum absolute atomic E-state index is 5.40. The zero-order chi connectivity index (χ0) is 13.7. The Balaban J connectivity index is 1.78.